The van der Waals surface area contributed by atoms with E-state index in [0.717, 1.165) is 6.07 Å². The molecule has 21 heavy (non-hydrogen) atoms. The number of H-pyrrole nitrogens is 1. The van der Waals surface area contributed by atoms with Crippen LogP contribution in [-0.2, 0) is 6.54 Å². The van der Waals surface area contributed by atoms with Gasteiger partial charge in [-0.05, 0) is 24.4 Å². The van der Waals surface area contributed by atoms with Gasteiger partial charge in [-0.3, -0.25) is 0 Å². The Morgan fingerprint density at radius 1 is 1.10 bits per heavy atom. The zero-order valence-electron chi connectivity index (χ0n) is 10.5. The van der Waals surface area contributed by atoms with Crippen LogP contribution in [0.1, 0.15) is 5.56 Å². The molecule has 0 atom stereocenters. The highest BCUT2D eigenvalue weighted by atomic mass is 35.5. The normalized spacial score (nSPS) is 11.2. The number of aromatic nitrogens is 2. The maximum absolute atomic E-state index is 13.7. The molecule has 7 heteroatoms. The molecule has 0 aliphatic carbocycles. The molecule has 0 saturated heterocycles. The van der Waals surface area contributed by atoms with Gasteiger partial charge in [-0.1, -0.05) is 17.7 Å². The SMILES string of the molecule is Fc1ccc(Cn2c(=S)[nH]c3cc(F)c(Cl)cc32)c(F)c1. The van der Waals surface area contributed by atoms with Crippen LogP contribution < -0.4 is 0 Å². The summed E-state index contributed by atoms with van der Waals surface area (Å²) in [6.45, 7) is 0.0902. The van der Waals surface area contributed by atoms with Crippen molar-refractivity contribution in [2.45, 2.75) is 6.54 Å². The zero-order valence-corrected chi connectivity index (χ0v) is 12.0. The summed E-state index contributed by atoms with van der Waals surface area (Å²) in [4.78, 5) is 2.83. The van der Waals surface area contributed by atoms with Gasteiger partial charge in [-0.15, -0.1) is 0 Å². The highest BCUT2D eigenvalue weighted by molar-refractivity contribution is 7.71. The van der Waals surface area contributed by atoms with Crippen molar-refractivity contribution in [3.8, 4) is 0 Å². The first-order valence-electron chi connectivity index (χ1n) is 5.97. The van der Waals surface area contributed by atoms with E-state index in [1.54, 1.807) is 4.57 Å². The Morgan fingerprint density at radius 2 is 1.86 bits per heavy atom. The smallest absolute Gasteiger partial charge is 0.178 e. The lowest BCUT2D eigenvalue weighted by atomic mass is 10.2. The zero-order chi connectivity index (χ0) is 15.1. The van der Waals surface area contributed by atoms with Crippen LogP contribution in [0.3, 0.4) is 0 Å². The Kier molecular flexibility index (Phi) is 3.51. The molecule has 1 heterocycles. The lowest BCUT2D eigenvalue weighted by Gasteiger charge is -2.06. The number of imidazole rings is 1. The average molecular weight is 329 g/mol. The number of halogens is 4. The summed E-state index contributed by atoms with van der Waals surface area (Å²) in [6, 6.07) is 5.96. The van der Waals surface area contributed by atoms with Gasteiger partial charge in [-0.25, -0.2) is 13.2 Å². The predicted molar refractivity (Wildman–Crippen MR) is 77.6 cm³/mol. The molecule has 0 spiro atoms. The molecular formula is C14H8ClF3N2S. The maximum Gasteiger partial charge on any atom is 0.178 e. The van der Waals surface area contributed by atoms with Crippen molar-refractivity contribution in [2.24, 2.45) is 0 Å². The third-order valence-electron chi connectivity index (χ3n) is 3.16. The Hall–Kier alpha value is -1.79. The average Bonchev–Trinajstić information content (AvgIpc) is 2.69. The Bertz CT molecular complexity index is 901. The van der Waals surface area contributed by atoms with Gasteiger partial charge in [0.05, 0.1) is 22.6 Å². The molecule has 0 amide bonds. The van der Waals surface area contributed by atoms with E-state index in [4.69, 9.17) is 23.8 Å². The first kappa shape index (κ1) is 14.2. The van der Waals surface area contributed by atoms with Crippen molar-refractivity contribution < 1.29 is 13.2 Å². The number of fused-ring (bicyclic) bond motifs is 1. The fraction of sp³-hybridized carbons (Fsp3) is 0.0714. The highest BCUT2D eigenvalue weighted by Crippen LogP contribution is 2.24. The molecule has 0 aliphatic heterocycles. The molecule has 3 rings (SSSR count). The van der Waals surface area contributed by atoms with Gasteiger partial charge in [-0.2, -0.15) is 0 Å². The fourth-order valence-corrected chi connectivity index (χ4v) is 2.56. The molecule has 0 aliphatic rings. The van der Waals surface area contributed by atoms with E-state index in [1.165, 1.54) is 24.3 Å². The maximum atomic E-state index is 13.7. The minimum atomic E-state index is -0.667. The van der Waals surface area contributed by atoms with Crippen LogP contribution >= 0.6 is 23.8 Å². The lowest BCUT2D eigenvalue weighted by molar-refractivity contribution is 0.567. The van der Waals surface area contributed by atoms with E-state index >= 15 is 0 Å². The van der Waals surface area contributed by atoms with Gasteiger partial charge >= 0.3 is 0 Å². The highest BCUT2D eigenvalue weighted by Gasteiger charge is 2.11. The number of rotatable bonds is 2. The summed E-state index contributed by atoms with van der Waals surface area (Å²) in [7, 11) is 0. The van der Waals surface area contributed by atoms with Crippen LogP contribution in [-0.4, -0.2) is 9.55 Å². The summed E-state index contributed by atoms with van der Waals surface area (Å²) in [6.07, 6.45) is 0. The summed E-state index contributed by atoms with van der Waals surface area (Å²) < 4.78 is 42.0. The molecule has 1 N–H and O–H groups in total. The van der Waals surface area contributed by atoms with Gasteiger partial charge in [0.15, 0.2) is 4.77 Å². The minimum absolute atomic E-state index is 0.0511. The van der Waals surface area contributed by atoms with Crippen LogP contribution in [0.2, 0.25) is 5.02 Å². The van der Waals surface area contributed by atoms with Gasteiger partial charge < -0.3 is 9.55 Å². The van der Waals surface area contributed by atoms with Crippen LogP contribution in [0.5, 0.6) is 0 Å². The molecule has 2 nitrogen and oxygen atoms in total. The number of nitrogens with one attached hydrogen (secondary N) is 1. The van der Waals surface area contributed by atoms with E-state index in [1.807, 2.05) is 0 Å². The van der Waals surface area contributed by atoms with Crippen molar-refractivity contribution in [3.63, 3.8) is 0 Å². The molecular weight excluding hydrogens is 321 g/mol. The molecule has 0 bridgehead atoms. The molecule has 0 saturated carbocycles. The number of hydrogen-bond donors (Lipinski definition) is 1. The Labute approximate surface area is 127 Å². The van der Waals surface area contributed by atoms with Crippen LogP contribution in [0.15, 0.2) is 30.3 Å². The first-order chi connectivity index (χ1) is 9.95. The second-order valence-corrected chi connectivity index (χ2v) is 5.33. The van der Waals surface area contributed by atoms with Crippen molar-refractivity contribution >= 4 is 34.9 Å². The monoisotopic (exact) mass is 328 g/mol. The topological polar surface area (TPSA) is 20.7 Å². The Balaban J connectivity index is 2.14. The third-order valence-corrected chi connectivity index (χ3v) is 3.77. The molecule has 0 radical (unpaired) electrons. The van der Waals surface area contributed by atoms with E-state index in [-0.39, 0.29) is 17.1 Å². The third kappa shape index (κ3) is 2.56. The van der Waals surface area contributed by atoms with Crippen molar-refractivity contribution in [1.29, 1.82) is 0 Å². The molecule has 3 aromatic rings. The standard InChI is InChI=1S/C14H8ClF3N2S/c15-9-4-13-12(5-11(9)18)19-14(21)20(13)6-7-1-2-8(16)3-10(7)17/h1-5H,6H2,(H,19,21). The van der Waals surface area contributed by atoms with Crippen LogP contribution in [0, 0.1) is 22.2 Å². The van der Waals surface area contributed by atoms with Crippen LogP contribution in [0.4, 0.5) is 13.2 Å². The second kappa shape index (κ2) is 5.20. The minimum Gasteiger partial charge on any atom is -0.330 e. The molecule has 0 unspecified atom stereocenters. The lowest BCUT2D eigenvalue weighted by Crippen LogP contribution is -2.02. The molecule has 1 aromatic heterocycles. The molecule has 2 aromatic carbocycles. The van der Waals surface area contributed by atoms with E-state index in [0.29, 0.717) is 15.8 Å². The molecule has 108 valence electrons. The molecule has 0 fully saturated rings. The summed E-state index contributed by atoms with van der Waals surface area (Å²) in [5.41, 5.74) is 1.29. The summed E-state index contributed by atoms with van der Waals surface area (Å²) in [5, 5.41) is -0.0511. The Morgan fingerprint density at radius 3 is 2.57 bits per heavy atom. The largest absolute Gasteiger partial charge is 0.330 e. The van der Waals surface area contributed by atoms with Gasteiger partial charge in [0.2, 0.25) is 0 Å². The quantitative estimate of drug-likeness (QED) is 0.669. The summed E-state index contributed by atoms with van der Waals surface area (Å²) >= 11 is 10.9. The second-order valence-electron chi connectivity index (χ2n) is 4.54. The van der Waals surface area contributed by atoms with Crippen molar-refractivity contribution in [3.05, 3.63) is 63.1 Å². The van der Waals surface area contributed by atoms with E-state index in [9.17, 15) is 13.2 Å². The van der Waals surface area contributed by atoms with E-state index < -0.39 is 17.5 Å². The number of benzene rings is 2. The predicted octanol–water partition coefficient (Wildman–Crippen LogP) is 4.82. The van der Waals surface area contributed by atoms with Crippen molar-refractivity contribution in [1.82, 2.24) is 9.55 Å². The first-order valence-corrected chi connectivity index (χ1v) is 6.76. The number of aromatic amines is 1. The van der Waals surface area contributed by atoms with Gasteiger partial charge in [0.25, 0.3) is 0 Å². The summed E-state index contributed by atoms with van der Waals surface area (Å²) in [5.74, 6) is -1.89. The number of nitrogens with zero attached hydrogens (tertiary/aromatic N) is 1. The van der Waals surface area contributed by atoms with Crippen molar-refractivity contribution in [2.75, 3.05) is 0 Å². The number of hydrogen-bond acceptors (Lipinski definition) is 1. The van der Waals surface area contributed by atoms with Gasteiger partial charge in [0, 0.05) is 17.7 Å². The van der Waals surface area contributed by atoms with Crippen LogP contribution in [0.25, 0.3) is 11.0 Å². The van der Waals surface area contributed by atoms with Gasteiger partial charge in [0.1, 0.15) is 17.5 Å². The van der Waals surface area contributed by atoms with E-state index in [2.05, 4.69) is 4.98 Å². The fourth-order valence-electron chi connectivity index (χ4n) is 2.13.